The molecule has 6 heteroatoms. The number of nitrogens with zero attached hydrogens (tertiary/aromatic N) is 1. The lowest BCUT2D eigenvalue weighted by atomic mass is 9.95. The minimum Gasteiger partial charge on any atom is -0.435 e. The second-order valence-corrected chi connectivity index (χ2v) is 5.93. The molecule has 1 atom stereocenters. The molecule has 1 fully saturated rings. The molecule has 1 aromatic carbocycles. The molecule has 0 spiro atoms. The Morgan fingerprint density at radius 1 is 1.38 bits per heavy atom. The number of amides is 1. The van der Waals surface area contributed by atoms with Crippen LogP contribution < -0.4 is 4.74 Å². The highest BCUT2D eigenvalue weighted by Crippen LogP contribution is 2.23. The first-order chi connectivity index (χ1) is 10.1. The zero-order chi connectivity index (χ0) is 15.2. The van der Waals surface area contributed by atoms with Gasteiger partial charge in [-0.05, 0) is 49.4 Å². The van der Waals surface area contributed by atoms with E-state index in [-0.39, 0.29) is 11.7 Å². The molecule has 1 heterocycles. The molecule has 0 aliphatic carbocycles. The Kier molecular flexibility index (Phi) is 5.96. The first kappa shape index (κ1) is 16.2. The monoisotopic (exact) mass is 361 g/mol. The van der Waals surface area contributed by atoms with Crippen molar-refractivity contribution in [2.24, 2.45) is 5.92 Å². The number of piperidine rings is 1. The summed E-state index contributed by atoms with van der Waals surface area (Å²) in [5, 5.41) is 0.944. The molecule has 1 saturated heterocycles. The molecular formula is C15H18BrF2NO2. The molecule has 0 aromatic heterocycles. The van der Waals surface area contributed by atoms with Crippen LogP contribution in [0, 0.1) is 5.92 Å². The number of rotatable bonds is 5. The summed E-state index contributed by atoms with van der Waals surface area (Å²) in [7, 11) is 0. The molecular weight excluding hydrogens is 344 g/mol. The lowest BCUT2D eigenvalue weighted by Gasteiger charge is -2.32. The van der Waals surface area contributed by atoms with Gasteiger partial charge >= 0.3 is 6.61 Å². The average Bonchev–Trinajstić information content (AvgIpc) is 2.47. The summed E-state index contributed by atoms with van der Waals surface area (Å²) in [6, 6.07) is 5.88. The largest absolute Gasteiger partial charge is 0.435 e. The van der Waals surface area contributed by atoms with Gasteiger partial charge in [0.25, 0.3) is 5.91 Å². The second kappa shape index (κ2) is 7.73. The summed E-state index contributed by atoms with van der Waals surface area (Å²) in [5.74, 6) is 0.554. The third-order valence-corrected chi connectivity index (χ3v) is 4.11. The van der Waals surface area contributed by atoms with Gasteiger partial charge in [0, 0.05) is 24.0 Å². The Bertz CT molecular complexity index is 465. The van der Waals surface area contributed by atoms with Crippen molar-refractivity contribution in [1.82, 2.24) is 4.90 Å². The van der Waals surface area contributed by atoms with E-state index < -0.39 is 6.61 Å². The number of halogens is 3. The van der Waals surface area contributed by atoms with Crippen LogP contribution in [0.2, 0.25) is 0 Å². The van der Waals surface area contributed by atoms with Crippen LogP contribution in [0.1, 0.15) is 29.6 Å². The number of hydrogen-bond donors (Lipinski definition) is 0. The van der Waals surface area contributed by atoms with Gasteiger partial charge in [-0.15, -0.1) is 0 Å². The van der Waals surface area contributed by atoms with Crippen LogP contribution in [-0.4, -0.2) is 35.8 Å². The van der Waals surface area contributed by atoms with Crippen molar-refractivity contribution in [2.45, 2.75) is 25.9 Å². The van der Waals surface area contributed by atoms with E-state index in [9.17, 15) is 13.6 Å². The minimum atomic E-state index is -2.85. The number of benzene rings is 1. The Balaban J connectivity index is 1.98. The van der Waals surface area contributed by atoms with Gasteiger partial charge in [-0.3, -0.25) is 4.79 Å². The Morgan fingerprint density at radius 3 is 2.71 bits per heavy atom. The SMILES string of the molecule is O=C(c1ccc(OC(F)F)cc1)N1CCCC(CCBr)C1. The second-order valence-electron chi connectivity index (χ2n) is 5.14. The predicted octanol–water partition coefficient (Wildman–Crippen LogP) is 3.93. The molecule has 0 N–H and O–H groups in total. The van der Waals surface area contributed by atoms with Gasteiger partial charge in [-0.25, -0.2) is 0 Å². The van der Waals surface area contributed by atoms with E-state index in [1.165, 1.54) is 24.3 Å². The summed E-state index contributed by atoms with van der Waals surface area (Å²) >= 11 is 3.44. The number of likely N-dealkylation sites (tertiary alicyclic amines) is 1. The van der Waals surface area contributed by atoms with E-state index in [4.69, 9.17) is 0 Å². The molecule has 1 aliphatic rings. The Labute approximate surface area is 131 Å². The van der Waals surface area contributed by atoms with Crippen molar-refractivity contribution in [3.05, 3.63) is 29.8 Å². The summed E-state index contributed by atoms with van der Waals surface area (Å²) in [6.07, 6.45) is 3.22. The quantitative estimate of drug-likeness (QED) is 0.743. The number of carbonyl (C=O) groups is 1. The fraction of sp³-hybridized carbons (Fsp3) is 0.533. The van der Waals surface area contributed by atoms with Crippen LogP contribution in [0.3, 0.4) is 0 Å². The van der Waals surface area contributed by atoms with Gasteiger partial charge in [0.2, 0.25) is 0 Å². The summed E-state index contributed by atoms with van der Waals surface area (Å²) in [4.78, 5) is 14.3. The van der Waals surface area contributed by atoms with Gasteiger partial charge in [0.15, 0.2) is 0 Å². The fourth-order valence-electron chi connectivity index (χ4n) is 2.60. The molecule has 0 radical (unpaired) electrons. The molecule has 0 bridgehead atoms. The van der Waals surface area contributed by atoms with E-state index in [0.29, 0.717) is 11.5 Å². The van der Waals surface area contributed by atoms with Crippen LogP contribution in [0.5, 0.6) is 5.75 Å². The van der Waals surface area contributed by atoms with Gasteiger partial charge < -0.3 is 9.64 Å². The zero-order valence-electron chi connectivity index (χ0n) is 11.6. The van der Waals surface area contributed by atoms with Crippen molar-refractivity contribution >= 4 is 21.8 Å². The van der Waals surface area contributed by atoms with Gasteiger partial charge in [-0.1, -0.05) is 15.9 Å². The van der Waals surface area contributed by atoms with Gasteiger partial charge in [0.05, 0.1) is 0 Å². The van der Waals surface area contributed by atoms with E-state index >= 15 is 0 Å². The van der Waals surface area contributed by atoms with Crippen molar-refractivity contribution in [2.75, 3.05) is 18.4 Å². The van der Waals surface area contributed by atoms with Crippen LogP contribution in [0.25, 0.3) is 0 Å². The van der Waals surface area contributed by atoms with E-state index in [2.05, 4.69) is 20.7 Å². The average molecular weight is 362 g/mol. The lowest BCUT2D eigenvalue weighted by Crippen LogP contribution is -2.40. The van der Waals surface area contributed by atoms with E-state index in [1.54, 1.807) is 0 Å². The standard InChI is InChI=1S/C15H18BrF2NO2/c16-8-7-11-2-1-9-19(10-11)14(20)12-3-5-13(6-4-12)21-15(17)18/h3-6,11,15H,1-2,7-10H2. The molecule has 116 valence electrons. The zero-order valence-corrected chi connectivity index (χ0v) is 13.2. The molecule has 1 aliphatic heterocycles. The van der Waals surface area contributed by atoms with E-state index in [1.807, 2.05) is 4.90 Å². The lowest BCUT2D eigenvalue weighted by molar-refractivity contribution is -0.0498. The maximum absolute atomic E-state index is 12.4. The normalized spacial score (nSPS) is 18.9. The van der Waals surface area contributed by atoms with Gasteiger partial charge in [-0.2, -0.15) is 8.78 Å². The molecule has 21 heavy (non-hydrogen) atoms. The molecule has 1 amide bonds. The van der Waals surface area contributed by atoms with Crippen molar-refractivity contribution in [3.8, 4) is 5.75 Å². The van der Waals surface area contributed by atoms with Crippen molar-refractivity contribution < 1.29 is 18.3 Å². The van der Waals surface area contributed by atoms with Crippen LogP contribution in [0.15, 0.2) is 24.3 Å². The van der Waals surface area contributed by atoms with Crippen molar-refractivity contribution in [1.29, 1.82) is 0 Å². The molecule has 1 unspecified atom stereocenters. The maximum atomic E-state index is 12.4. The van der Waals surface area contributed by atoms with Crippen LogP contribution in [0.4, 0.5) is 8.78 Å². The number of hydrogen-bond acceptors (Lipinski definition) is 2. The Morgan fingerprint density at radius 2 is 2.10 bits per heavy atom. The summed E-state index contributed by atoms with van der Waals surface area (Å²) in [5.41, 5.74) is 0.510. The smallest absolute Gasteiger partial charge is 0.387 e. The minimum absolute atomic E-state index is 0.0436. The van der Waals surface area contributed by atoms with Crippen molar-refractivity contribution in [3.63, 3.8) is 0 Å². The fourth-order valence-corrected chi connectivity index (χ4v) is 3.25. The number of carbonyl (C=O) groups excluding carboxylic acids is 1. The van der Waals surface area contributed by atoms with Crippen LogP contribution in [-0.2, 0) is 0 Å². The highest BCUT2D eigenvalue weighted by molar-refractivity contribution is 9.09. The van der Waals surface area contributed by atoms with Crippen LogP contribution >= 0.6 is 15.9 Å². The Hall–Kier alpha value is -1.17. The highest BCUT2D eigenvalue weighted by Gasteiger charge is 2.24. The summed E-state index contributed by atoms with van der Waals surface area (Å²) < 4.78 is 28.4. The van der Waals surface area contributed by atoms with Gasteiger partial charge in [0.1, 0.15) is 5.75 Å². The first-order valence-corrected chi connectivity index (χ1v) is 8.12. The third kappa shape index (κ3) is 4.66. The topological polar surface area (TPSA) is 29.5 Å². The maximum Gasteiger partial charge on any atom is 0.387 e. The molecule has 2 rings (SSSR count). The third-order valence-electron chi connectivity index (χ3n) is 3.65. The highest BCUT2D eigenvalue weighted by atomic mass is 79.9. The molecule has 1 aromatic rings. The number of ether oxygens (including phenoxy) is 1. The number of alkyl halides is 3. The predicted molar refractivity (Wildman–Crippen MR) is 80.1 cm³/mol. The van der Waals surface area contributed by atoms with E-state index in [0.717, 1.165) is 37.7 Å². The molecule has 0 saturated carbocycles. The molecule has 3 nitrogen and oxygen atoms in total. The summed E-state index contributed by atoms with van der Waals surface area (Å²) in [6.45, 7) is -1.33. The first-order valence-electron chi connectivity index (χ1n) is 7.00.